The number of pyridine rings is 1. The number of nitrogens with zero attached hydrogens (tertiary/aromatic N) is 2. The van der Waals surface area contributed by atoms with Crippen LogP contribution >= 0.6 is 0 Å². The van der Waals surface area contributed by atoms with Gasteiger partial charge in [0.15, 0.2) is 0 Å². The fourth-order valence-electron chi connectivity index (χ4n) is 2.60. The number of amides is 1. The lowest BCUT2D eigenvalue weighted by Gasteiger charge is -2.29. The van der Waals surface area contributed by atoms with Gasteiger partial charge in [-0.1, -0.05) is 0 Å². The second-order valence-electron chi connectivity index (χ2n) is 5.32. The van der Waals surface area contributed by atoms with Crippen molar-refractivity contribution in [3.8, 4) is 0 Å². The number of morpholine rings is 1. The molecular weight excluding hydrogens is 285 g/mol. The van der Waals surface area contributed by atoms with E-state index in [4.69, 9.17) is 4.74 Å². The lowest BCUT2D eigenvalue weighted by atomic mass is 10.1. The minimum atomic E-state index is -0.367. The maximum absolute atomic E-state index is 13.3. The molecule has 1 aliphatic heterocycles. The molecule has 0 bridgehead atoms. The van der Waals surface area contributed by atoms with Gasteiger partial charge in [-0.15, -0.1) is 0 Å². The van der Waals surface area contributed by atoms with Crippen LogP contribution in [0.15, 0.2) is 30.5 Å². The Balaban J connectivity index is 1.78. The summed E-state index contributed by atoms with van der Waals surface area (Å²) in [4.78, 5) is 18.4. The molecule has 1 unspecified atom stereocenters. The summed E-state index contributed by atoms with van der Waals surface area (Å²) >= 11 is 0. The van der Waals surface area contributed by atoms with Gasteiger partial charge in [-0.05, 0) is 25.1 Å². The number of fused-ring (bicyclic) bond motifs is 1. The molecule has 2 aromatic rings. The fourth-order valence-corrected chi connectivity index (χ4v) is 2.60. The Morgan fingerprint density at radius 1 is 1.36 bits per heavy atom. The molecule has 1 saturated heterocycles. The highest BCUT2D eigenvalue weighted by molar-refractivity contribution is 5.93. The zero-order valence-corrected chi connectivity index (χ0v) is 12.4. The molecule has 1 aromatic heterocycles. The summed E-state index contributed by atoms with van der Waals surface area (Å²) in [5.74, 6) is -0.287. The number of nitrogens with one attached hydrogen (secondary N) is 1. The van der Waals surface area contributed by atoms with Crippen molar-refractivity contribution >= 4 is 22.5 Å². The van der Waals surface area contributed by atoms with E-state index in [9.17, 15) is 9.18 Å². The van der Waals surface area contributed by atoms with Crippen molar-refractivity contribution in [2.75, 3.05) is 31.6 Å². The predicted octanol–water partition coefficient (Wildman–Crippen LogP) is 2.03. The van der Waals surface area contributed by atoms with Crippen LogP contribution in [-0.4, -0.2) is 48.1 Å². The molecule has 0 saturated carbocycles. The van der Waals surface area contributed by atoms with Crippen molar-refractivity contribution < 1.29 is 13.9 Å². The first kappa shape index (κ1) is 14.7. The number of hydrogen-bond donors (Lipinski definition) is 1. The van der Waals surface area contributed by atoms with Crippen LogP contribution in [0.4, 0.5) is 10.1 Å². The van der Waals surface area contributed by atoms with E-state index in [1.165, 1.54) is 12.1 Å². The number of hydrogen-bond acceptors (Lipinski definition) is 4. The van der Waals surface area contributed by atoms with Crippen LogP contribution < -0.4 is 5.32 Å². The summed E-state index contributed by atoms with van der Waals surface area (Å²) in [5, 5.41) is 4.00. The van der Waals surface area contributed by atoms with E-state index in [1.54, 1.807) is 23.2 Å². The topological polar surface area (TPSA) is 54.5 Å². The minimum absolute atomic E-state index is 0.0374. The van der Waals surface area contributed by atoms with Gasteiger partial charge in [-0.3, -0.25) is 9.78 Å². The molecule has 22 heavy (non-hydrogen) atoms. The van der Waals surface area contributed by atoms with Gasteiger partial charge < -0.3 is 15.0 Å². The molecule has 0 radical (unpaired) electrons. The number of ether oxygens (including phenoxy) is 1. The van der Waals surface area contributed by atoms with Crippen molar-refractivity contribution in [2.24, 2.45) is 0 Å². The van der Waals surface area contributed by atoms with Crippen LogP contribution in [0.5, 0.6) is 0 Å². The smallest absolute Gasteiger partial charge is 0.244 e. The first-order chi connectivity index (χ1) is 10.6. The quantitative estimate of drug-likeness (QED) is 0.942. The zero-order chi connectivity index (χ0) is 15.5. The molecule has 1 fully saturated rings. The maximum atomic E-state index is 13.3. The molecule has 116 valence electrons. The molecular formula is C16H18FN3O2. The summed E-state index contributed by atoms with van der Waals surface area (Å²) < 4.78 is 18.5. The van der Waals surface area contributed by atoms with Crippen molar-refractivity contribution in [2.45, 2.75) is 13.0 Å². The Morgan fingerprint density at radius 2 is 2.14 bits per heavy atom. The van der Waals surface area contributed by atoms with Gasteiger partial charge in [0.25, 0.3) is 0 Å². The zero-order valence-electron chi connectivity index (χ0n) is 12.4. The monoisotopic (exact) mass is 303 g/mol. The van der Waals surface area contributed by atoms with E-state index >= 15 is 0 Å². The van der Waals surface area contributed by atoms with E-state index in [1.807, 2.05) is 6.92 Å². The molecule has 6 heteroatoms. The Kier molecular flexibility index (Phi) is 4.20. The molecule has 2 heterocycles. The van der Waals surface area contributed by atoms with E-state index < -0.39 is 0 Å². The lowest BCUT2D eigenvalue weighted by Crippen LogP contribution is -2.47. The average Bonchev–Trinajstić information content (AvgIpc) is 2.55. The second-order valence-corrected chi connectivity index (χ2v) is 5.32. The Labute approximate surface area is 128 Å². The highest BCUT2D eigenvalue weighted by Gasteiger charge is 2.22. The first-order valence-electron chi connectivity index (χ1n) is 7.32. The van der Waals surface area contributed by atoms with Gasteiger partial charge >= 0.3 is 0 Å². The summed E-state index contributed by atoms with van der Waals surface area (Å²) in [6.07, 6.45) is 1.61. The van der Waals surface area contributed by atoms with E-state index in [0.29, 0.717) is 31.8 Å². The third kappa shape index (κ3) is 3.01. The average molecular weight is 303 g/mol. The van der Waals surface area contributed by atoms with Gasteiger partial charge in [-0.2, -0.15) is 0 Å². The summed E-state index contributed by atoms with van der Waals surface area (Å²) in [5.41, 5.74) is 1.34. The number of aromatic nitrogens is 1. The third-order valence-electron chi connectivity index (χ3n) is 3.77. The molecule has 1 atom stereocenters. The molecule has 0 spiro atoms. The standard InChI is InChI=1S/C16H18FN3O2/c1-11(16(21)20-6-8-22-9-7-20)19-14-4-5-18-15-10-12(17)2-3-13(14)15/h2-5,10-11H,6-9H2,1H3,(H,18,19). The Bertz CT molecular complexity index is 686. The number of anilines is 1. The molecule has 3 rings (SSSR count). The maximum Gasteiger partial charge on any atom is 0.244 e. The van der Waals surface area contributed by atoms with Crippen LogP contribution in [0.1, 0.15) is 6.92 Å². The number of carbonyl (C=O) groups excluding carboxylic acids is 1. The number of benzene rings is 1. The molecule has 0 aliphatic carbocycles. The fraction of sp³-hybridized carbons (Fsp3) is 0.375. The van der Waals surface area contributed by atoms with Gasteiger partial charge in [-0.25, -0.2) is 4.39 Å². The molecule has 5 nitrogen and oxygen atoms in total. The number of rotatable bonds is 3. The van der Waals surface area contributed by atoms with Gasteiger partial charge in [0.1, 0.15) is 11.9 Å². The highest BCUT2D eigenvalue weighted by Crippen LogP contribution is 2.23. The van der Waals surface area contributed by atoms with Crippen LogP contribution in [0.2, 0.25) is 0 Å². The molecule has 1 N–H and O–H groups in total. The second kappa shape index (κ2) is 6.27. The van der Waals surface area contributed by atoms with E-state index in [2.05, 4.69) is 10.3 Å². The van der Waals surface area contributed by atoms with Crippen molar-refractivity contribution in [1.29, 1.82) is 0 Å². The summed E-state index contributed by atoms with van der Waals surface area (Å²) in [6, 6.07) is 5.88. The van der Waals surface area contributed by atoms with Crippen molar-refractivity contribution in [1.82, 2.24) is 9.88 Å². The summed E-state index contributed by atoms with van der Waals surface area (Å²) in [7, 11) is 0. The first-order valence-corrected chi connectivity index (χ1v) is 7.32. The van der Waals surface area contributed by atoms with E-state index in [-0.39, 0.29) is 17.8 Å². The third-order valence-corrected chi connectivity index (χ3v) is 3.77. The predicted molar refractivity (Wildman–Crippen MR) is 82.2 cm³/mol. The molecule has 1 aromatic carbocycles. The van der Waals surface area contributed by atoms with Crippen LogP contribution in [0.3, 0.4) is 0 Å². The van der Waals surface area contributed by atoms with E-state index in [0.717, 1.165) is 11.1 Å². The molecule has 1 aliphatic rings. The Morgan fingerprint density at radius 3 is 2.91 bits per heavy atom. The van der Waals surface area contributed by atoms with Crippen molar-refractivity contribution in [3.63, 3.8) is 0 Å². The summed E-state index contributed by atoms with van der Waals surface area (Å²) in [6.45, 7) is 4.22. The SMILES string of the molecule is CC(Nc1ccnc2cc(F)ccc12)C(=O)N1CCOCC1. The minimum Gasteiger partial charge on any atom is -0.378 e. The lowest BCUT2D eigenvalue weighted by molar-refractivity contribution is -0.135. The van der Waals surface area contributed by atoms with Crippen LogP contribution in [0, 0.1) is 5.82 Å². The van der Waals surface area contributed by atoms with Gasteiger partial charge in [0.05, 0.1) is 18.7 Å². The van der Waals surface area contributed by atoms with Crippen molar-refractivity contribution in [3.05, 3.63) is 36.3 Å². The Hall–Kier alpha value is -2.21. The van der Waals surface area contributed by atoms with Gasteiger partial charge in [0.2, 0.25) is 5.91 Å². The number of halogens is 1. The normalized spacial score (nSPS) is 16.5. The van der Waals surface area contributed by atoms with Crippen LogP contribution in [-0.2, 0) is 9.53 Å². The highest BCUT2D eigenvalue weighted by atomic mass is 19.1. The largest absolute Gasteiger partial charge is 0.378 e. The molecule has 1 amide bonds. The number of carbonyl (C=O) groups is 1. The van der Waals surface area contributed by atoms with Gasteiger partial charge in [0, 0.05) is 36.4 Å². The van der Waals surface area contributed by atoms with Crippen LogP contribution in [0.25, 0.3) is 10.9 Å².